The second-order valence-corrected chi connectivity index (χ2v) is 6.50. The molecular weight excluding hydrogens is 356 g/mol. The van der Waals surface area contributed by atoms with E-state index in [1.807, 2.05) is 26.0 Å². The van der Waals surface area contributed by atoms with Crippen molar-refractivity contribution in [1.82, 2.24) is 9.55 Å². The number of aryl methyl sites for hydroxylation is 3. The van der Waals surface area contributed by atoms with E-state index < -0.39 is 5.97 Å². The third-order valence-corrected chi connectivity index (χ3v) is 4.68. The number of carbonyl (C=O) groups is 2. The molecule has 0 bridgehead atoms. The first-order chi connectivity index (χ1) is 13.4. The summed E-state index contributed by atoms with van der Waals surface area (Å²) in [6.07, 6.45) is 0.894. The lowest BCUT2D eigenvalue weighted by Crippen LogP contribution is -2.23. The molecule has 28 heavy (non-hydrogen) atoms. The van der Waals surface area contributed by atoms with Crippen molar-refractivity contribution < 1.29 is 14.3 Å². The molecule has 0 amide bonds. The zero-order valence-electron chi connectivity index (χ0n) is 16.2. The van der Waals surface area contributed by atoms with Crippen molar-refractivity contribution in [2.45, 2.75) is 33.7 Å². The Morgan fingerprint density at radius 3 is 2.36 bits per heavy atom. The summed E-state index contributed by atoms with van der Waals surface area (Å²) >= 11 is 0. The fourth-order valence-corrected chi connectivity index (χ4v) is 3.04. The highest BCUT2D eigenvalue weighted by Crippen LogP contribution is 2.15. The number of Topliss-reactive ketones (excluding diaryl/α,β-unsaturated/α-hetero) is 1. The summed E-state index contributed by atoms with van der Waals surface area (Å²) in [5.41, 5.74) is 3.34. The molecule has 3 aromatic rings. The van der Waals surface area contributed by atoms with E-state index in [1.165, 1.54) is 0 Å². The number of carbonyl (C=O) groups excluding carboxylic acids is 2. The normalized spacial score (nSPS) is 10.8. The van der Waals surface area contributed by atoms with E-state index in [2.05, 4.69) is 4.98 Å². The Morgan fingerprint density at radius 1 is 1.04 bits per heavy atom. The van der Waals surface area contributed by atoms with Crippen molar-refractivity contribution in [2.75, 3.05) is 6.61 Å². The molecular formula is C22H22N2O4. The van der Waals surface area contributed by atoms with Gasteiger partial charge >= 0.3 is 5.97 Å². The van der Waals surface area contributed by atoms with E-state index in [0.29, 0.717) is 28.8 Å². The van der Waals surface area contributed by atoms with Gasteiger partial charge in [-0.15, -0.1) is 0 Å². The summed E-state index contributed by atoms with van der Waals surface area (Å²) in [5, 5.41) is 0. The van der Waals surface area contributed by atoms with Crippen LogP contribution in [0.25, 0.3) is 11.0 Å². The van der Waals surface area contributed by atoms with Crippen molar-refractivity contribution in [3.63, 3.8) is 0 Å². The topological polar surface area (TPSA) is 78.3 Å². The molecule has 6 heteroatoms. The van der Waals surface area contributed by atoms with Gasteiger partial charge in [-0.05, 0) is 44.0 Å². The van der Waals surface area contributed by atoms with Crippen LogP contribution in [0.2, 0.25) is 0 Å². The molecule has 0 atom stereocenters. The highest BCUT2D eigenvalue weighted by atomic mass is 16.5. The average molecular weight is 378 g/mol. The van der Waals surface area contributed by atoms with E-state index in [-0.39, 0.29) is 23.5 Å². The van der Waals surface area contributed by atoms with Crippen molar-refractivity contribution in [2.24, 2.45) is 0 Å². The molecule has 0 saturated heterocycles. The van der Waals surface area contributed by atoms with Gasteiger partial charge in [0.1, 0.15) is 5.69 Å². The minimum Gasteiger partial charge on any atom is -0.454 e. The first-order valence-electron chi connectivity index (χ1n) is 9.25. The molecule has 0 fully saturated rings. The number of fused-ring (bicyclic) bond motifs is 1. The summed E-state index contributed by atoms with van der Waals surface area (Å²) < 4.78 is 6.78. The number of hydrogen-bond donors (Lipinski definition) is 0. The van der Waals surface area contributed by atoms with Crippen LogP contribution in [0.5, 0.6) is 0 Å². The van der Waals surface area contributed by atoms with E-state index in [1.54, 1.807) is 41.8 Å². The van der Waals surface area contributed by atoms with Crippen LogP contribution in [0.4, 0.5) is 0 Å². The third kappa shape index (κ3) is 3.86. The van der Waals surface area contributed by atoms with Crippen molar-refractivity contribution in [1.29, 1.82) is 0 Å². The molecule has 0 spiro atoms. The lowest BCUT2D eigenvalue weighted by Gasteiger charge is -2.10. The molecule has 0 saturated carbocycles. The van der Waals surface area contributed by atoms with Gasteiger partial charge in [-0.25, -0.2) is 9.78 Å². The zero-order chi connectivity index (χ0) is 20.3. The molecule has 144 valence electrons. The van der Waals surface area contributed by atoms with Crippen molar-refractivity contribution in [3.8, 4) is 0 Å². The maximum Gasteiger partial charge on any atom is 0.338 e. The SMILES string of the molecule is CCc1ccc(C(=O)COC(=O)c2ccc3c(c2)nc(C)c(=O)n3CC)cc1. The standard InChI is InChI=1S/C22H22N2O4/c1-4-15-6-8-16(9-7-15)20(25)13-28-22(27)17-10-11-19-18(12-17)23-14(3)21(26)24(19)5-2/h6-12H,4-5,13H2,1-3H3. The van der Waals surface area contributed by atoms with Crippen LogP contribution in [0.3, 0.4) is 0 Å². The van der Waals surface area contributed by atoms with Crippen molar-refractivity contribution >= 4 is 22.8 Å². The van der Waals surface area contributed by atoms with Gasteiger partial charge in [0.2, 0.25) is 0 Å². The van der Waals surface area contributed by atoms with Crippen LogP contribution < -0.4 is 5.56 Å². The van der Waals surface area contributed by atoms with Gasteiger partial charge in [-0.2, -0.15) is 0 Å². The fourth-order valence-electron chi connectivity index (χ4n) is 3.04. The van der Waals surface area contributed by atoms with Gasteiger partial charge in [0.15, 0.2) is 12.4 Å². The molecule has 2 aromatic carbocycles. The number of rotatable bonds is 6. The Morgan fingerprint density at radius 2 is 1.71 bits per heavy atom. The second kappa shape index (κ2) is 8.17. The fraction of sp³-hybridized carbons (Fsp3) is 0.273. The minimum absolute atomic E-state index is 0.148. The number of ketones is 1. The first kappa shape index (κ1) is 19.5. The van der Waals surface area contributed by atoms with Gasteiger partial charge in [0, 0.05) is 12.1 Å². The van der Waals surface area contributed by atoms with Gasteiger partial charge in [0.25, 0.3) is 5.56 Å². The maximum absolute atomic E-state index is 12.4. The quantitative estimate of drug-likeness (QED) is 0.486. The predicted octanol–water partition coefficient (Wildman–Crippen LogP) is 3.33. The van der Waals surface area contributed by atoms with Crippen LogP contribution >= 0.6 is 0 Å². The Kier molecular flexibility index (Phi) is 5.68. The average Bonchev–Trinajstić information content (AvgIpc) is 2.72. The molecule has 1 heterocycles. The van der Waals surface area contributed by atoms with Gasteiger partial charge < -0.3 is 9.30 Å². The number of benzene rings is 2. The maximum atomic E-state index is 12.4. The third-order valence-electron chi connectivity index (χ3n) is 4.68. The van der Waals surface area contributed by atoms with Crippen LogP contribution in [-0.4, -0.2) is 27.9 Å². The Hall–Kier alpha value is -3.28. The summed E-state index contributed by atoms with van der Waals surface area (Å²) in [5.74, 6) is -0.861. The summed E-state index contributed by atoms with van der Waals surface area (Å²) in [4.78, 5) is 41.0. The Balaban J connectivity index is 1.76. The Labute approximate surface area is 162 Å². The van der Waals surface area contributed by atoms with E-state index in [4.69, 9.17) is 4.74 Å². The summed E-state index contributed by atoms with van der Waals surface area (Å²) in [7, 11) is 0. The number of hydrogen-bond acceptors (Lipinski definition) is 5. The first-order valence-corrected chi connectivity index (χ1v) is 9.25. The van der Waals surface area contributed by atoms with Gasteiger partial charge in [-0.3, -0.25) is 9.59 Å². The molecule has 0 unspecified atom stereocenters. The smallest absolute Gasteiger partial charge is 0.338 e. The molecule has 3 rings (SSSR count). The van der Waals surface area contributed by atoms with Crippen LogP contribution in [-0.2, 0) is 17.7 Å². The second-order valence-electron chi connectivity index (χ2n) is 6.50. The van der Waals surface area contributed by atoms with Crippen LogP contribution in [0.1, 0.15) is 45.8 Å². The molecule has 0 aliphatic carbocycles. The molecule has 6 nitrogen and oxygen atoms in total. The monoisotopic (exact) mass is 378 g/mol. The number of ether oxygens (including phenoxy) is 1. The van der Waals surface area contributed by atoms with E-state index in [0.717, 1.165) is 12.0 Å². The molecule has 0 aliphatic rings. The molecule has 0 radical (unpaired) electrons. The van der Waals surface area contributed by atoms with Gasteiger partial charge in [-0.1, -0.05) is 31.2 Å². The highest BCUT2D eigenvalue weighted by molar-refractivity contribution is 6.00. The minimum atomic E-state index is -0.603. The van der Waals surface area contributed by atoms with Crippen LogP contribution in [0.15, 0.2) is 47.3 Å². The Bertz CT molecular complexity index is 1100. The van der Waals surface area contributed by atoms with E-state index in [9.17, 15) is 14.4 Å². The zero-order valence-corrected chi connectivity index (χ0v) is 16.2. The number of esters is 1. The lowest BCUT2D eigenvalue weighted by atomic mass is 10.1. The molecule has 0 aliphatic heterocycles. The molecule has 1 aromatic heterocycles. The summed E-state index contributed by atoms with van der Waals surface area (Å²) in [6.45, 7) is 5.73. The van der Waals surface area contributed by atoms with Crippen molar-refractivity contribution in [3.05, 3.63) is 75.2 Å². The highest BCUT2D eigenvalue weighted by Gasteiger charge is 2.14. The van der Waals surface area contributed by atoms with Gasteiger partial charge in [0.05, 0.1) is 16.6 Å². The molecule has 0 N–H and O–H groups in total. The van der Waals surface area contributed by atoms with Crippen LogP contribution in [0, 0.1) is 6.92 Å². The lowest BCUT2D eigenvalue weighted by molar-refractivity contribution is 0.0475. The number of aromatic nitrogens is 2. The summed E-state index contributed by atoms with van der Waals surface area (Å²) in [6, 6.07) is 12.1. The number of nitrogens with zero attached hydrogens (tertiary/aromatic N) is 2. The predicted molar refractivity (Wildman–Crippen MR) is 107 cm³/mol. The largest absolute Gasteiger partial charge is 0.454 e. The van der Waals surface area contributed by atoms with E-state index >= 15 is 0 Å².